The Kier molecular flexibility index (Phi) is 6.43. The summed E-state index contributed by atoms with van der Waals surface area (Å²) >= 11 is 0. The summed E-state index contributed by atoms with van der Waals surface area (Å²) in [4.78, 5) is 0. The molecule has 34 heavy (non-hydrogen) atoms. The van der Waals surface area contributed by atoms with Crippen molar-refractivity contribution in [3.63, 3.8) is 0 Å². The van der Waals surface area contributed by atoms with Crippen molar-refractivity contribution in [2.45, 2.75) is 39.5 Å². The van der Waals surface area contributed by atoms with Crippen LogP contribution in [0.1, 0.15) is 50.7 Å². The zero-order chi connectivity index (χ0) is 24.5. The molecule has 0 bridgehead atoms. The number of nitrogens with two attached hydrogens (primary N) is 1. The molecule has 2 aliphatic rings. The normalized spacial score (nSPS) is 21.6. The Morgan fingerprint density at radius 2 is 1.56 bits per heavy atom. The maximum atomic E-state index is 10.0. The third kappa shape index (κ3) is 4.54. The van der Waals surface area contributed by atoms with Crippen LogP contribution in [0.2, 0.25) is 0 Å². The summed E-state index contributed by atoms with van der Waals surface area (Å²) in [6, 6.07) is 18.2. The first-order valence-electron chi connectivity index (χ1n) is 11.5. The summed E-state index contributed by atoms with van der Waals surface area (Å²) < 4.78 is 16.8. The van der Waals surface area contributed by atoms with Crippen LogP contribution in [0.15, 0.2) is 76.9 Å². The summed E-state index contributed by atoms with van der Waals surface area (Å²) in [5, 5.41) is 10.0. The summed E-state index contributed by atoms with van der Waals surface area (Å²) in [7, 11) is 3.31. The van der Waals surface area contributed by atoms with E-state index in [1.165, 1.54) is 0 Å². The highest BCUT2D eigenvalue weighted by molar-refractivity contribution is 5.63. The highest BCUT2D eigenvalue weighted by atomic mass is 16.5. The molecule has 2 unspecified atom stereocenters. The van der Waals surface area contributed by atoms with E-state index in [0.29, 0.717) is 11.5 Å². The summed E-state index contributed by atoms with van der Waals surface area (Å²) in [5.41, 5.74) is 11.2. The molecule has 2 aromatic rings. The Morgan fingerprint density at radius 3 is 2.09 bits per heavy atom. The monoisotopic (exact) mass is 456 g/mol. The third-order valence-electron chi connectivity index (χ3n) is 6.88. The van der Waals surface area contributed by atoms with Crippen molar-refractivity contribution in [1.82, 2.24) is 0 Å². The Morgan fingerprint density at radius 1 is 0.971 bits per heavy atom. The standard InChI is InChI=1S/C29H32N2O3/c1-29(2,3)21-15-20(14-18-6-10-22(32-4)11-7-18)27-24(16-21)26(25(17-30)28(31)34-27)19-8-12-23(33-5)13-9-19/h6-14,21,26H,15-16,31H2,1-5H3/b20-14+. The van der Waals surface area contributed by atoms with E-state index in [1.54, 1.807) is 14.2 Å². The minimum Gasteiger partial charge on any atom is -0.497 e. The summed E-state index contributed by atoms with van der Waals surface area (Å²) in [5.74, 6) is 2.71. The molecule has 0 amide bonds. The predicted octanol–water partition coefficient (Wildman–Crippen LogP) is 6.31. The van der Waals surface area contributed by atoms with E-state index in [-0.39, 0.29) is 17.2 Å². The van der Waals surface area contributed by atoms with Gasteiger partial charge in [-0.1, -0.05) is 45.0 Å². The van der Waals surface area contributed by atoms with Crippen molar-refractivity contribution < 1.29 is 14.2 Å². The topological polar surface area (TPSA) is 77.5 Å². The molecule has 2 N–H and O–H groups in total. The first kappa shape index (κ1) is 23.5. The molecule has 5 heteroatoms. The van der Waals surface area contributed by atoms with Gasteiger partial charge in [-0.3, -0.25) is 0 Å². The van der Waals surface area contributed by atoms with Gasteiger partial charge in [0.25, 0.3) is 0 Å². The van der Waals surface area contributed by atoms with Gasteiger partial charge in [-0.25, -0.2) is 0 Å². The van der Waals surface area contributed by atoms with Crippen LogP contribution in [-0.4, -0.2) is 14.2 Å². The first-order chi connectivity index (χ1) is 16.2. The van der Waals surface area contributed by atoms with Gasteiger partial charge in [0.2, 0.25) is 5.88 Å². The maximum Gasteiger partial charge on any atom is 0.205 e. The number of hydrogen-bond acceptors (Lipinski definition) is 5. The number of methoxy groups -OCH3 is 2. The maximum absolute atomic E-state index is 10.0. The van der Waals surface area contributed by atoms with Crippen LogP contribution in [0.3, 0.4) is 0 Å². The molecule has 2 atom stereocenters. The van der Waals surface area contributed by atoms with Gasteiger partial charge in [0, 0.05) is 5.92 Å². The quantitative estimate of drug-likeness (QED) is 0.584. The molecular formula is C29H32N2O3. The van der Waals surface area contributed by atoms with E-state index < -0.39 is 0 Å². The Balaban J connectivity index is 1.87. The Labute approximate surface area is 202 Å². The SMILES string of the molecule is COc1ccc(/C=C2\CC(C(C)(C)C)CC3=C2OC(N)=C(C#N)C3c2ccc(OC)cc2)cc1. The molecule has 1 aliphatic heterocycles. The van der Waals surface area contributed by atoms with Crippen LogP contribution < -0.4 is 15.2 Å². The van der Waals surface area contributed by atoms with Gasteiger partial charge in [-0.2, -0.15) is 5.26 Å². The molecule has 1 heterocycles. The third-order valence-corrected chi connectivity index (χ3v) is 6.88. The number of nitrogens with zero attached hydrogens (tertiary/aromatic N) is 1. The summed E-state index contributed by atoms with van der Waals surface area (Å²) in [6.07, 6.45) is 3.88. The van der Waals surface area contributed by atoms with Crippen molar-refractivity contribution in [1.29, 1.82) is 5.26 Å². The largest absolute Gasteiger partial charge is 0.497 e. The molecule has 0 saturated carbocycles. The fourth-order valence-electron chi connectivity index (χ4n) is 4.78. The van der Waals surface area contributed by atoms with Gasteiger partial charge in [0.05, 0.1) is 14.2 Å². The number of benzene rings is 2. The fourth-order valence-corrected chi connectivity index (χ4v) is 4.78. The van der Waals surface area contributed by atoms with Gasteiger partial charge in [-0.05, 0) is 76.8 Å². The average molecular weight is 457 g/mol. The van der Waals surface area contributed by atoms with Crippen LogP contribution in [-0.2, 0) is 4.74 Å². The van der Waals surface area contributed by atoms with Crippen LogP contribution in [0.25, 0.3) is 6.08 Å². The van der Waals surface area contributed by atoms with Crippen molar-refractivity contribution in [2.75, 3.05) is 14.2 Å². The molecule has 2 aromatic carbocycles. The van der Waals surface area contributed by atoms with Crippen LogP contribution in [0, 0.1) is 22.7 Å². The molecule has 176 valence electrons. The second kappa shape index (κ2) is 9.30. The molecule has 0 saturated heterocycles. The lowest BCUT2D eigenvalue weighted by Crippen LogP contribution is -2.31. The minimum absolute atomic E-state index is 0.0848. The second-order valence-corrected chi connectivity index (χ2v) is 9.97. The molecule has 0 spiro atoms. The second-order valence-electron chi connectivity index (χ2n) is 9.97. The van der Waals surface area contributed by atoms with Gasteiger partial charge < -0.3 is 19.9 Å². The predicted molar refractivity (Wildman–Crippen MR) is 134 cm³/mol. The van der Waals surface area contributed by atoms with Crippen LogP contribution in [0.5, 0.6) is 11.5 Å². The van der Waals surface area contributed by atoms with Gasteiger partial charge in [-0.15, -0.1) is 0 Å². The van der Waals surface area contributed by atoms with Gasteiger partial charge >= 0.3 is 0 Å². The van der Waals surface area contributed by atoms with Crippen LogP contribution in [0.4, 0.5) is 0 Å². The van der Waals surface area contributed by atoms with E-state index in [9.17, 15) is 5.26 Å². The number of allylic oxidation sites excluding steroid dienone is 3. The van der Waals surface area contributed by atoms with Crippen molar-refractivity contribution in [3.05, 3.63) is 88.0 Å². The van der Waals surface area contributed by atoms with E-state index >= 15 is 0 Å². The number of hydrogen-bond donors (Lipinski definition) is 1. The zero-order valence-corrected chi connectivity index (χ0v) is 20.5. The lowest BCUT2D eigenvalue weighted by molar-refractivity contribution is 0.200. The highest BCUT2D eigenvalue weighted by Crippen LogP contribution is 2.51. The fraction of sp³-hybridized carbons (Fsp3) is 0.345. The molecule has 0 radical (unpaired) electrons. The Bertz CT molecular complexity index is 1190. The number of nitriles is 1. The van der Waals surface area contributed by atoms with E-state index in [4.69, 9.17) is 19.9 Å². The highest BCUT2D eigenvalue weighted by Gasteiger charge is 2.41. The minimum atomic E-state index is -0.246. The molecule has 0 fully saturated rings. The van der Waals surface area contributed by atoms with Crippen LogP contribution >= 0.6 is 0 Å². The smallest absolute Gasteiger partial charge is 0.205 e. The average Bonchev–Trinajstić information content (AvgIpc) is 2.83. The molecule has 1 aliphatic carbocycles. The molecule has 0 aromatic heterocycles. The van der Waals surface area contributed by atoms with E-state index in [2.05, 4.69) is 32.9 Å². The van der Waals surface area contributed by atoms with Crippen molar-refractivity contribution in [2.24, 2.45) is 17.1 Å². The van der Waals surface area contributed by atoms with Crippen molar-refractivity contribution in [3.8, 4) is 17.6 Å². The zero-order valence-electron chi connectivity index (χ0n) is 20.5. The van der Waals surface area contributed by atoms with Gasteiger partial charge in [0.1, 0.15) is 28.9 Å². The molecule has 5 nitrogen and oxygen atoms in total. The molecule has 4 rings (SSSR count). The number of ether oxygens (including phenoxy) is 3. The van der Waals surface area contributed by atoms with E-state index in [0.717, 1.165) is 52.4 Å². The lowest BCUT2D eigenvalue weighted by atomic mass is 9.66. The number of rotatable bonds is 4. The van der Waals surface area contributed by atoms with Crippen molar-refractivity contribution >= 4 is 6.08 Å². The van der Waals surface area contributed by atoms with E-state index in [1.807, 2.05) is 48.5 Å². The summed E-state index contributed by atoms with van der Waals surface area (Å²) in [6.45, 7) is 6.82. The molecular weight excluding hydrogens is 424 g/mol. The van der Waals surface area contributed by atoms with Gasteiger partial charge in [0.15, 0.2) is 0 Å². The Hall–Kier alpha value is -3.65. The first-order valence-corrected chi connectivity index (χ1v) is 11.5. The lowest BCUT2D eigenvalue weighted by Gasteiger charge is -2.41.